The SMILES string of the molecule is CCCCCCCCCCCCC/C=C/[C@@H](OC(=O)c1ccccc1)[C@@H](COCOC)OS(C)(=O)=O. The molecule has 2 atom stereocenters. The molecular formula is C28H46O7S. The summed E-state index contributed by atoms with van der Waals surface area (Å²) in [6.45, 7) is 2.09. The predicted octanol–water partition coefficient (Wildman–Crippen LogP) is 6.43. The van der Waals surface area contributed by atoms with E-state index >= 15 is 0 Å². The molecule has 0 aliphatic carbocycles. The lowest BCUT2D eigenvalue weighted by Gasteiger charge is -2.24. The van der Waals surface area contributed by atoms with Gasteiger partial charge in [-0.3, -0.25) is 4.18 Å². The van der Waals surface area contributed by atoms with Crippen molar-refractivity contribution in [2.45, 2.75) is 96.2 Å². The monoisotopic (exact) mass is 526 g/mol. The molecule has 1 rings (SSSR count). The molecule has 1 aromatic rings. The van der Waals surface area contributed by atoms with E-state index in [0.29, 0.717) is 5.56 Å². The number of unbranched alkanes of at least 4 members (excludes halogenated alkanes) is 11. The van der Waals surface area contributed by atoms with Crippen LogP contribution in [-0.2, 0) is 28.5 Å². The van der Waals surface area contributed by atoms with Crippen LogP contribution in [0.4, 0.5) is 0 Å². The Kier molecular flexibility index (Phi) is 18.2. The van der Waals surface area contributed by atoms with Crippen LogP contribution in [0.15, 0.2) is 42.5 Å². The number of hydrogen-bond acceptors (Lipinski definition) is 7. The highest BCUT2D eigenvalue weighted by Crippen LogP contribution is 2.16. The normalized spacial score (nSPS) is 13.6. The van der Waals surface area contributed by atoms with E-state index in [4.69, 9.17) is 18.4 Å². The third-order valence-electron chi connectivity index (χ3n) is 5.70. The van der Waals surface area contributed by atoms with E-state index in [1.807, 2.05) is 6.08 Å². The van der Waals surface area contributed by atoms with Gasteiger partial charge in [-0.15, -0.1) is 0 Å². The zero-order chi connectivity index (χ0) is 26.5. The molecule has 0 radical (unpaired) electrons. The van der Waals surface area contributed by atoms with Crippen LogP contribution >= 0.6 is 0 Å². The molecule has 0 bridgehead atoms. The highest BCUT2D eigenvalue weighted by molar-refractivity contribution is 7.86. The quantitative estimate of drug-likeness (QED) is 0.0565. The van der Waals surface area contributed by atoms with E-state index in [-0.39, 0.29) is 13.4 Å². The summed E-state index contributed by atoms with van der Waals surface area (Å²) in [5, 5.41) is 0. The number of methoxy groups -OCH3 is 1. The fourth-order valence-corrected chi connectivity index (χ4v) is 4.43. The van der Waals surface area contributed by atoms with Gasteiger partial charge in [0.15, 0.2) is 6.10 Å². The summed E-state index contributed by atoms with van der Waals surface area (Å²) in [6, 6.07) is 8.56. The van der Waals surface area contributed by atoms with E-state index < -0.39 is 28.3 Å². The van der Waals surface area contributed by atoms with Gasteiger partial charge in [0.2, 0.25) is 0 Å². The molecule has 0 aliphatic rings. The number of benzene rings is 1. The van der Waals surface area contributed by atoms with Crippen LogP contribution in [0.5, 0.6) is 0 Å². The van der Waals surface area contributed by atoms with Crippen LogP contribution in [-0.4, -0.2) is 53.4 Å². The Morgan fingerprint density at radius 1 is 0.917 bits per heavy atom. The molecule has 8 heteroatoms. The predicted molar refractivity (Wildman–Crippen MR) is 143 cm³/mol. The van der Waals surface area contributed by atoms with Gasteiger partial charge in [0, 0.05) is 7.11 Å². The lowest BCUT2D eigenvalue weighted by Crippen LogP contribution is -2.37. The van der Waals surface area contributed by atoms with Crippen LogP contribution in [0.3, 0.4) is 0 Å². The molecule has 0 spiro atoms. The zero-order valence-electron chi connectivity index (χ0n) is 22.4. The minimum Gasteiger partial charge on any atom is -0.452 e. The van der Waals surface area contributed by atoms with Gasteiger partial charge in [-0.2, -0.15) is 8.42 Å². The second-order valence-electron chi connectivity index (χ2n) is 9.10. The third-order valence-corrected chi connectivity index (χ3v) is 6.30. The molecule has 0 saturated carbocycles. The van der Waals surface area contributed by atoms with Crippen molar-refractivity contribution < 1.29 is 31.6 Å². The Morgan fingerprint density at radius 2 is 1.50 bits per heavy atom. The van der Waals surface area contributed by atoms with Gasteiger partial charge in [-0.05, 0) is 31.1 Å². The number of allylic oxidation sites excluding steroid dienone is 1. The number of esters is 1. The summed E-state index contributed by atoms with van der Waals surface area (Å²) in [4.78, 5) is 12.7. The van der Waals surface area contributed by atoms with Crippen molar-refractivity contribution in [2.75, 3.05) is 26.8 Å². The Morgan fingerprint density at radius 3 is 2.06 bits per heavy atom. The first kappa shape index (κ1) is 32.3. The van der Waals surface area contributed by atoms with Crippen LogP contribution in [0.2, 0.25) is 0 Å². The molecular weight excluding hydrogens is 480 g/mol. The standard InChI is InChI=1S/C28H46O7S/c1-4-5-6-7-8-9-10-11-12-13-14-15-19-22-26(34-28(29)25-20-17-16-18-21-25)27(23-33-24-32-2)35-36(3,30)31/h16-22,26-27H,4-15,23-24H2,1-3H3/b22-19+/t26-,27-/m1/s1. The first-order chi connectivity index (χ1) is 17.4. The fraction of sp³-hybridized carbons (Fsp3) is 0.679. The number of rotatable bonds is 22. The summed E-state index contributed by atoms with van der Waals surface area (Å²) >= 11 is 0. The minimum atomic E-state index is -3.81. The van der Waals surface area contributed by atoms with Gasteiger partial charge in [0.05, 0.1) is 18.4 Å². The maximum Gasteiger partial charge on any atom is 0.338 e. The van der Waals surface area contributed by atoms with Gasteiger partial charge < -0.3 is 14.2 Å². The van der Waals surface area contributed by atoms with Gasteiger partial charge in [-0.1, -0.05) is 95.4 Å². The molecule has 206 valence electrons. The van der Waals surface area contributed by atoms with Crippen molar-refractivity contribution in [3.8, 4) is 0 Å². The van der Waals surface area contributed by atoms with E-state index in [1.165, 1.54) is 64.9 Å². The molecule has 1 aromatic carbocycles. The van der Waals surface area contributed by atoms with E-state index in [0.717, 1.165) is 25.5 Å². The molecule has 0 N–H and O–H groups in total. The van der Waals surface area contributed by atoms with Gasteiger partial charge in [0.1, 0.15) is 12.9 Å². The Bertz CT molecular complexity index is 808. The lowest BCUT2D eigenvalue weighted by molar-refractivity contribution is -0.0759. The second kappa shape index (κ2) is 20.3. The Balaban J connectivity index is 2.58. The molecule has 0 aromatic heterocycles. The summed E-state index contributed by atoms with van der Waals surface area (Å²) in [5.41, 5.74) is 0.372. The topological polar surface area (TPSA) is 88.1 Å². The largest absolute Gasteiger partial charge is 0.452 e. The smallest absolute Gasteiger partial charge is 0.338 e. The first-order valence-corrected chi connectivity index (χ1v) is 15.1. The van der Waals surface area contributed by atoms with Crippen molar-refractivity contribution in [2.24, 2.45) is 0 Å². The Labute approximate surface area is 218 Å². The van der Waals surface area contributed by atoms with Crippen molar-refractivity contribution in [3.05, 3.63) is 48.0 Å². The average Bonchev–Trinajstić information content (AvgIpc) is 2.85. The van der Waals surface area contributed by atoms with Crippen molar-refractivity contribution in [1.29, 1.82) is 0 Å². The van der Waals surface area contributed by atoms with Crippen LogP contribution in [0, 0.1) is 0 Å². The van der Waals surface area contributed by atoms with Gasteiger partial charge in [-0.25, -0.2) is 4.79 Å². The molecule has 7 nitrogen and oxygen atoms in total. The molecule has 0 amide bonds. The van der Waals surface area contributed by atoms with E-state index in [2.05, 4.69) is 6.92 Å². The second-order valence-corrected chi connectivity index (χ2v) is 10.7. The number of ether oxygens (including phenoxy) is 3. The van der Waals surface area contributed by atoms with Crippen molar-refractivity contribution >= 4 is 16.1 Å². The average molecular weight is 527 g/mol. The molecule has 36 heavy (non-hydrogen) atoms. The van der Waals surface area contributed by atoms with Crippen molar-refractivity contribution in [1.82, 2.24) is 0 Å². The maximum atomic E-state index is 12.7. The highest BCUT2D eigenvalue weighted by Gasteiger charge is 2.28. The summed E-state index contributed by atoms with van der Waals surface area (Å²) in [7, 11) is -2.34. The molecule has 0 unspecified atom stereocenters. The molecule has 0 aliphatic heterocycles. The molecule has 0 fully saturated rings. The highest BCUT2D eigenvalue weighted by atomic mass is 32.2. The molecule has 0 heterocycles. The minimum absolute atomic E-state index is 0.0363. The number of carbonyl (C=O) groups excluding carboxylic acids is 1. The number of carbonyl (C=O) groups is 1. The van der Waals surface area contributed by atoms with Gasteiger partial charge >= 0.3 is 5.97 Å². The van der Waals surface area contributed by atoms with E-state index in [9.17, 15) is 13.2 Å². The summed E-state index contributed by atoms with van der Waals surface area (Å²) in [6.07, 6.45) is 17.4. The molecule has 0 saturated heterocycles. The summed E-state index contributed by atoms with van der Waals surface area (Å²) in [5.74, 6) is -0.561. The summed E-state index contributed by atoms with van der Waals surface area (Å²) < 4.78 is 44.8. The van der Waals surface area contributed by atoms with Crippen LogP contribution < -0.4 is 0 Å². The number of hydrogen-bond donors (Lipinski definition) is 0. The van der Waals surface area contributed by atoms with Crippen LogP contribution in [0.1, 0.15) is 94.3 Å². The third kappa shape index (κ3) is 16.8. The Hall–Kier alpha value is -1.74. The van der Waals surface area contributed by atoms with Gasteiger partial charge in [0.25, 0.3) is 10.1 Å². The van der Waals surface area contributed by atoms with Crippen LogP contribution in [0.25, 0.3) is 0 Å². The zero-order valence-corrected chi connectivity index (χ0v) is 23.2. The maximum absolute atomic E-state index is 12.7. The van der Waals surface area contributed by atoms with E-state index in [1.54, 1.807) is 36.4 Å². The first-order valence-electron chi connectivity index (χ1n) is 13.2. The fourth-order valence-electron chi connectivity index (χ4n) is 3.81. The van der Waals surface area contributed by atoms with Crippen molar-refractivity contribution in [3.63, 3.8) is 0 Å². The lowest BCUT2D eigenvalue weighted by atomic mass is 10.0.